The second kappa shape index (κ2) is 7.15. The molecule has 1 fully saturated rings. The standard InChI is InChI=1S/C21H20ClFN6/c1-13-6-5-7-14(10-13)29-18-12-16(22)17(23)11-15(18)19(28-8-3-2-4-9-28)20(29)21-24-26-27-25-21/h5-7,10-12H,2-4,8-9H2,1H3,(H,24,25,26,27). The minimum absolute atomic E-state index is 0.0938. The van der Waals surface area contributed by atoms with E-state index in [1.54, 1.807) is 6.07 Å². The third kappa shape index (κ3) is 3.06. The monoisotopic (exact) mass is 410 g/mol. The summed E-state index contributed by atoms with van der Waals surface area (Å²) in [6.45, 7) is 3.86. The SMILES string of the molecule is Cc1cccc(-n2c(-c3nnn[nH]3)c(N3CCCCC3)c3cc(F)c(Cl)cc32)c1. The number of H-pyrrole nitrogens is 1. The lowest BCUT2D eigenvalue weighted by molar-refractivity contribution is 0.579. The molecule has 1 saturated heterocycles. The molecule has 0 atom stereocenters. The number of aromatic nitrogens is 5. The average Bonchev–Trinajstić information content (AvgIpc) is 3.35. The van der Waals surface area contributed by atoms with E-state index in [0.717, 1.165) is 59.5 Å². The lowest BCUT2D eigenvalue weighted by atomic mass is 10.1. The molecular formula is C21H20ClFN6. The molecule has 0 spiro atoms. The van der Waals surface area contributed by atoms with Crippen LogP contribution in [0.3, 0.4) is 0 Å². The van der Waals surface area contributed by atoms with E-state index in [1.165, 1.54) is 12.5 Å². The first-order valence-corrected chi connectivity index (χ1v) is 10.1. The highest BCUT2D eigenvalue weighted by Crippen LogP contribution is 2.43. The van der Waals surface area contributed by atoms with Gasteiger partial charge in [0.1, 0.15) is 11.5 Å². The van der Waals surface area contributed by atoms with Crippen molar-refractivity contribution in [3.63, 3.8) is 0 Å². The van der Waals surface area contributed by atoms with E-state index in [-0.39, 0.29) is 5.02 Å². The summed E-state index contributed by atoms with van der Waals surface area (Å²) in [6, 6.07) is 11.4. The normalized spacial score (nSPS) is 14.7. The Kier molecular flexibility index (Phi) is 4.47. The van der Waals surface area contributed by atoms with Crippen LogP contribution in [-0.4, -0.2) is 38.3 Å². The van der Waals surface area contributed by atoms with Crippen molar-refractivity contribution in [1.82, 2.24) is 25.2 Å². The van der Waals surface area contributed by atoms with Crippen molar-refractivity contribution in [2.45, 2.75) is 26.2 Å². The van der Waals surface area contributed by atoms with Crippen molar-refractivity contribution in [2.75, 3.05) is 18.0 Å². The number of tetrazole rings is 1. The predicted octanol–water partition coefficient (Wildman–Crippen LogP) is 4.90. The van der Waals surface area contributed by atoms with E-state index < -0.39 is 5.82 Å². The molecule has 2 aromatic heterocycles. The minimum Gasteiger partial charge on any atom is -0.369 e. The average molecular weight is 411 g/mol. The van der Waals surface area contributed by atoms with Gasteiger partial charge in [-0.1, -0.05) is 23.7 Å². The maximum Gasteiger partial charge on any atom is 0.198 e. The Morgan fingerprint density at radius 3 is 2.66 bits per heavy atom. The number of hydrogen-bond acceptors (Lipinski definition) is 4. The van der Waals surface area contributed by atoms with Gasteiger partial charge in [-0.25, -0.2) is 9.49 Å². The van der Waals surface area contributed by atoms with E-state index in [2.05, 4.69) is 36.2 Å². The molecule has 29 heavy (non-hydrogen) atoms. The summed E-state index contributed by atoms with van der Waals surface area (Å²) in [5.41, 5.74) is 4.66. The second-order valence-corrected chi connectivity index (χ2v) is 7.86. The summed E-state index contributed by atoms with van der Waals surface area (Å²) in [4.78, 5) is 2.31. The second-order valence-electron chi connectivity index (χ2n) is 7.45. The van der Waals surface area contributed by atoms with Crippen molar-refractivity contribution < 1.29 is 4.39 Å². The fourth-order valence-electron chi connectivity index (χ4n) is 4.22. The summed E-state index contributed by atoms with van der Waals surface area (Å²) < 4.78 is 16.6. The molecule has 0 amide bonds. The fourth-order valence-corrected chi connectivity index (χ4v) is 4.37. The quantitative estimate of drug-likeness (QED) is 0.521. The van der Waals surface area contributed by atoms with Crippen molar-refractivity contribution >= 4 is 28.2 Å². The maximum absolute atomic E-state index is 14.5. The molecule has 0 radical (unpaired) electrons. The van der Waals surface area contributed by atoms with Crippen LogP contribution in [0.25, 0.3) is 28.1 Å². The van der Waals surface area contributed by atoms with Crippen LogP contribution in [0.15, 0.2) is 36.4 Å². The first kappa shape index (κ1) is 18.1. The molecule has 1 aliphatic heterocycles. The Balaban J connectivity index is 1.91. The van der Waals surface area contributed by atoms with Gasteiger partial charge in [-0.3, -0.25) is 0 Å². The van der Waals surface area contributed by atoms with Crippen LogP contribution >= 0.6 is 11.6 Å². The molecule has 6 nitrogen and oxygen atoms in total. The van der Waals surface area contributed by atoms with Crippen LogP contribution < -0.4 is 4.90 Å². The topological polar surface area (TPSA) is 62.6 Å². The minimum atomic E-state index is -0.430. The van der Waals surface area contributed by atoms with Crippen LogP contribution in [-0.2, 0) is 0 Å². The number of nitrogens with zero attached hydrogens (tertiary/aromatic N) is 5. The third-order valence-electron chi connectivity index (χ3n) is 5.48. The molecule has 0 unspecified atom stereocenters. The molecule has 8 heteroatoms. The van der Waals surface area contributed by atoms with E-state index in [4.69, 9.17) is 11.6 Å². The lowest BCUT2D eigenvalue weighted by Gasteiger charge is -2.29. The number of benzene rings is 2. The van der Waals surface area contributed by atoms with Crippen LogP contribution in [0.5, 0.6) is 0 Å². The first-order chi connectivity index (χ1) is 14.1. The summed E-state index contributed by atoms with van der Waals surface area (Å²) in [5.74, 6) is 0.112. The zero-order valence-corrected chi connectivity index (χ0v) is 16.7. The van der Waals surface area contributed by atoms with Gasteiger partial charge < -0.3 is 9.47 Å². The van der Waals surface area contributed by atoms with Crippen molar-refractivity contribution in [1.29, 1.82) is 0 Å². The van der Waals surface area contributed by atoms with Crippen LogP contribution in [0.1, 0.15) is 24.8 Å². The van der Waals surface area contributed by atoms with Crippen molar-refractivity contribution in [3.05, 3.63) is 52.8 Å². The molecule has 1 N–H and O–H groups in total. The van der Waals surface area contributed by atoms with Gasteiger partial charge in [-0.2, -0.15) is 0 Å². The number of aromatic amines is 1. The van der Waals surface area contributed by atoms with Crippen molar-refractivity contribution in [2.24, 2.45) is 0 Å². The molecule has 148 valence electrons. The maximum atomic E-state index is 14.5. The van der Waals surface area contributed by atoms with Gasteiger partial charge in [0.15, 0.2) is 5.82 Å². The highest BCUT2D eigenvalue weighted by molar-refractivity contribution is 6.31. The number of aryl methyl sites for hydroxylation is 1. The van der Waals surface area contributed by atoms with E-state index in [9.17, 15) is 4.39 Å². The Morgan fingerprint density at radius 2 is 1.93 bits per heavy atom. The van der Waals surface area contributed by atoms with Gasteiger partial charge >= 0.3 is 0 Å². The lowest BCUT2D eigenvalue weighted by Crippen LogP contribution is -2.29. The van der Waals surface area contributed by atoms with E-state index in [0.29, 0.717) is 5.82 Å². The van der Waals surface area contributed by atoms with Gasteiger partial charge in [0.2, 0.25) is 0 Å². The first-order valence-electron chi connectivity index (χ1n) is 9.73. The van der Waals surface area contributed by atoms with E-state index >= 15 is 0 Å². The highest BCUT2D eigenvalue weighted by Gasteiger charge is 2.28. The molecule has 0 aliphatic carbocycles. The molecule has 4 aromatic rings. The Bertz CT molecular complexity index is 1180. The number of nitrogens with one attached hydrogen (secondary N) is 1. The number of halogens is 2. The largest absolute Gasteiger partial charge is 0.369 e. The number of piperidine rings is 1. The van der Waals surface area contributed by atoms with Gasteiger partial charge in [0, 0.05) is 24.2 Å². The summed E-state index contributed by atoms with van der Waals surface area (Å²) >= 11 is 6.20. The smallest absolute Gasteiger partial charge is 0.198 e. The van der Waals surface area contributed by atoms with Gasteiger partial charge in [-0.05, 0) is 66.4 Å². The van der Waals surface area contributed by atoms with Gasteiger partial charge in [0.05, 0.1) is 16.2 Å². The highest BCUT2D eigenvalue weighted by atomic mass is 35.5. The zero-order chi connectivity index (χ0) is 20.0. The Labute approximate surface area is 172 Å². The fraction of sp³-hybridized carbons (Fsp3) is 0.286. The number of hydrogen-bond donors (Lipinski definition) is 1. The molecule has 1 aliphatic rings. The molecule has 0 bridgehead atoms. The van der Waals surface area contributed by atoms with Crippen LogP contribution in [0.4, 0.5) is 10.1 Å². The van der Waals surface area contributed by atoms with Gasteiger partial charge in [0.25, 0.3) is 0 Å². The Morgan fingerprint density at radius 1 is 1.10 bits per heavy atom. The predicted molar refractivity (Wildman–Crippen MR) is 112 cm³/mol. The summed E-state index contributed by atoms with van der Waals surface area (Å²) in [7, 11) is 0. The molecular weight excluding hydrogens is 391 g/mol. The number of anilines is 1. The summed E-state index contributed by atoms with van der Waals surface area (Å²) in [5, 5.41) is 15.6. The molecule has 3 heterocycles. The van der Waals surface area contributed by atoms with Gasteiger partial charge in [-0.15, -0.1) is 5.10 Å². The summed E-state index contributed by atoms with van der Waals surface area (Å²) in [6.07, 6.45) is 3.40. The molecule has 5 rings (SSSR count). The van der Waals surface area contributed by atoms with E-state index in [1.807, 2.05) is 25.1 Å². The third-order valence-corrected chi connectivity index (χ3v) is 5.77. The molecule has 0 saturated carbocycles. The van der Waals surface area contributed by atoms with Crippen LogP contribution in [0.2, 0.25) is 5.02 Å². The zero-order valence-electron chi connectivity index (χ0n) is 16.0. The number of fused-ring (bicyclic) bond motifs is 1. The van der Waals surface area contributed by atoms with Crippen molar-refractivity contribution in [3.8, 4) is 17.2 Å². The number of rotatable bonds is 3. The van der Waals surface area contributed by atoms with Crippen LogP contribution in [0, 0.1) is 12.7 Å². The molecule has 2 aromatic carbocycles. The Hall–Kier alpha value is -2.93.